The van der Waals surface area contributed by atoms with E-state index in [0.29, 0.717) is 18.4 Å². The van der Waals surface area contributed by atoms with Crippen molar-refractivity contribution in [2.45, 2.75) is 50.2 Å². The fourth-order valence-electron chi connectivity index (χ4n) is 5.41. The number of hydrogen-bond donors (Lipinski definition) is 0. The summed E-state index contributed by atoms with van der Waals surface area (Å²) in [6.45, 7) is 8.24. The SMILES string of the molecule is C=C(C)C[C@H]1c2cccc3c2c(cn3S(=O)(=O)c2ccc(C)cc2)C[C@H]1N(C)C(=O)OCc1ccccc1. The summed E-state index contributed by atoms with van der Waals surface area (Å²) in [5, 5.41) is 0.941. The molecule has 0 radical (unpaired) electrons. The van der Waals surface area contributed by atoms with Gasteiger partial charge in [0.05, 0.1) is 10.4 Å². The van der Waals surface area contributed by atoms with E-state index in [0.717, 1.165) is 33.2 Å². The standard InChI is InChI=1S/C31H32N2O4S/c1-21(2)17-27-26-11-8-12-28-30(26)24(19-33(28)38(35,36)25-15-13-22(3)14-16-25)18-29(27)32(4)31(34)37-20-23-9-6-5-7-10-23/h5-16,19,27,29H,1,17-18,20H2,2-4H3/t27-,29+/m0/s1. The van der Waals surface area contributed by atoms with Crippen LogP contribution in [0.4, 0.5) is 4.79 Å². The minimum atomic E-state index is -3.80. The van der Waals surface area contributed by atoms with E-state index in [1.807, 2.05) is 62.4 Å². The Balaban J connectivity index is 1.53. The van der Waals surface area contributed by atoms with Crippen LogP contribution in [-0.4, -0.2) is 36.5 Å². The molecule has 5 rings (SSSR count). The molecule has 1 aliphatic carbocycles. The smallest absolute Gasteiger partial charge is 0.410 e. The van der Waals surface area contributed by atoms with Gasteiger partial charge in [-0.05, 0) is 61.6 Å². The number of aromatic nitrogens is 1. The number of hydrogen-bond acceptors (Lipinski definition) is 4. The summed E-state index contributed by atoms with van der Waals surface area (Å²) in [6, 6.07) is 22.0. The van der Waals surface area contributed by atoms with Gasteiger partial charge in [0.15, 0.2) is 0 Å². The number of rotatable bonds is 7. The highest BCUT2D eigenvalue weighted by Crippen LogP contribution is 2.43. The minimum Gasteiger partial charge on any atom is -0.445 e. The maximum atomic E-state index is 13.7. The Hall–Kier alpha value is -3.84. The van der Waals surface area contributed by atoms with Crippen LogP contribution in [0.3, 0.4) is 0 Å². The molecule has 0 fully saturated rings. The Morgan fingerprint density at radius 1 is 1.05 bits per heavy atom. The Morgan fingerprint density at radius 3 is 2.45 bits per heavy atom. The molecule has 0 bridgehead atoms. The predicted octanol–water partition coefficient (Wildman–Crippen LogP) is 6.43. The number of carbonyl (C=O) groups excluding carboxylic acids is 1. The lowest BCUT2D eigenvalue weighted by Gasteiger charge is -2.38. The van der Waals surface area contributed by atoms with Gasteiger partial charge < -0.3 is 9.64 Å². The lowest BCUT2D eigenvalue weighted by molar-refractivity contribution is 0.0851. The van der Waals surface area contributed by atoms with Gasteiger partial charge in [-0.2, -0.15) is 0 Å². The number of amides is 1. The number of carbonyl (C=O) groups is 1. The number of benzene rings is 3. The first-order valence-corrected chi connectivity index (χ1v) is 14.1. The molecule has 7 heteroatoms. The van der Waals surface area contributed by atoms with Crippen molar-refractivity contribution in [2.24, 2.45) is 0 Å². The van der Waals surface area contributed by atoms with E-state index in [2.05, 4.69) is 6.58 Å². The molecule has 2 atom stereocenters. The molecule has 0 spiro atoms. The first-order valence-electron chi connectivity index (χ1n) is 12.7. The second-order valence-corrected chi connectivity index (χ2v) is 12.0. The summed E-state index contributed by atoms with van der Waals surface area (Å²) in [7, 11) is -2.04. The van der Waals surface area contributed by atoms with Crippen molar-refractivity contribution < 1.29 is 17.9 Å². The summed E-state index contributed by atoms with van der Waals surface area (Å²) in [5.41, 5.74) is 5.49. The van der Waals surface area contributed by atoms with E-state index >= 15 is 0 Å². The Morgan fingerprint density at radius 2 is 1.76 bits per heavy atom. The van der Waals surface area contributed by atoms with Crippen molar-refractivity contribution >= 4 is 27.0 Å². The number of nitrogens with zero attached hydrogens (tertiary/aromatic N) is 2. The molecule has 1 amide bonds. The topological polar surface area (TPSA) is 68.6 Å². The van der Waals surface area contributed by atoms with Gasteiger partial charge in [-0.3, -0.25) is 0 Å². The van der Waals surface area contributed by atoms with Crippen LogP contribution in [0.5, 0.6) is 0 Å². The van der Waals surface area contributed by atoms with Gasteiger partial charge in [-0.15, -0.1) is 6.58 Å². The number of likely N-dealkylation sites (N-methyl/N-ethyl adjacent to an activating group) is 1. The molecule has 1 aromatic heterocycles. The second kappa shape index (κ2) is 10.1. The average molecular weight is 529 g/mol. The third-order valence-electron chi connectivity index (χ3n) is 7.34. The molecule has 196 valence electrons. The van der Waals surface area contributed by atoms with E-state index in [1.165, 1.54) is 3.97 Å². The van der Waals surface area contributed by atoms with Crippen molar-refractivity contribution in [2.75, 3.05) is 7.05 Å². The highest BCUT2D eigenvalue weighted by molar-refractivity contribution is 7.90. The van der Waals surface area contributed by atoms with Crippen molar-refractivity contribution in [3.8, 4) is 0 Å². The summed E-state index contributed by atoms with van der Waals surface area (Å²) < 4.78 is 34.4. The van der Waals surface area contributed by atoms with Gasteiger partial charge in [-0.25, -0.2) is 17.2 Å². The van der Waals surface area contributed by atoms with E-state index < -0.39 is 16.1 Å². The first-order chi connectivity index (χ1) is 18.2. The van der Waals surface area contributed by atoms with E-state index in [1.54, 1.807) is 42.4 Å². The molecule has 0 saturated carbocycles. The monoisotopic (exact) mass is 528 g/mol. The zero-order valence-electron chi connectivity index (χ0n) is 21.9. The zero-order valence-corrected chi connectivity index (χ0v) is 22.7. The van der Waals surface area contributed by atoms with E-state index in [9.17, 15) is 13.2 Å². The second-order valence-electron chi connectivity index (χ2n) is 10.2. The van der Waals surface area contributed by atoms with Crippen LogP contribution in [0.1, 0.15) is 41.5 Å². The predicted molar refractivity (Wildman–Crippen MR) is 150 cm³/mol. The summed E-state index contributed by atoms with van der Waals surface area (Å²) in [6.07, 6.45) is 2.50. The van der Waals surface area contributed by atoms with Crippen LogP contribution in [0.2, 0.25) is 0 Å². The van der Waals surface area contributed by atoms with Gasteiger partial charge >= 0.3 is 6.09 Å². The van der Waals surface area contributed by atoms with Crippen molar-refractivity contribution in [1.82, 2.24) is 8.87 Å². The number of ether oxygens (including phenoxy) is 1. The fourth-order valence-corrected chi connectivity index (χ4v) is 6.80. The largest absolute Gasteiger partial charge is 0.445 e. The van der Waals surface area contributed by atoms with Crippen LogP contribution in [0, 0.1) is 6.92 Å². The summed E-state index contributed by atoms with van der Waals surface area (Å²) >= 11 is 0. The van der Waals surface area contributed by atoms with Gasteiger partial charge in [0.2, 0.25) is 0 Å². The molecular weight excluding hydrogens is 496 g/mol. The van der Waals surface area contributed by atoms with Gasteiger partial charge in [0.1, 0.15) is 6.61 Å². The normalized spacial score (nSPS) is 16.8. The average Bonchev–Trinajstić information content (AvgIpc) is 3.29. The first kappa shape index (κ1) is 25.8. The Bertz CT molecular complexity index is 1610. The zero-order chi connectivity index (χ0) is 27.0. The van der Waals surface area contributed by atoms with Crippen molar-refractivity contribution in [3.05, 3.63) is 113 Å². The molecule has 0 unspecified atom stereocenters. The summed E-state index contributed by atoms with van der Waals surface area (Å²) in [4.78, 5) is 15.1. The van der Waals surface area contributed by atoms with Crippen LogP contribution in [0.15, 0.2) is 96.0 Å². The van der Waals surface area contributed by atoms with Gasteiger partial charge in [0, 0.05) is 30.6 Å². The third-order valence-corrected chi connectivity index (χ3v) is 9.02. The molecule has 6 nitrogen and oxygen atoms in total. The molecule has 1 aliphatic rings. The molecule has 38 heavy (non-hydrogen) atoms. The van der Waals surface area contributed by atoms with Gasteiger partial charge in [-0.1, -0.05) is 65.7 Å². The van der Waals surface area contributed by atoms with Crippen molar-refractivity contribution in [1.29, 1.82) is 0 Å². The molecule has 1 heterocycles. The highest BCUT2D eigenvalue weighted by Gasteiger charge is 2.37. The summed E-state index contributed by atoms with van der Waals surface area (Å²) in [5.74, 6) is -0.0455. The van der Waals surface area contributed by atoms with Crippen LogP contribution in [0.25, 0.3) is 10.9 Å². The lowest BCUT2D eigenvalue weighted by atomic mass is 9.76. The number of aryl methyl sites for hydroxylation is 1. The Kier molecular flexibility index (Phi) is 6.88. The van der Waals surface area contributed by atoms with E-state index in [-0.39, 0.29) is 23.5 Å². The maximum Gasteiger partial charge on any atom is 0.410 e. The van der Waals surface area contributed by atoms with Gasteiger partial charge in [0.25, 0.3) is 10.0 Å². The Labute approximate surface area is 224 Å². The highest BCUT2D eigenvalue weighted by atomic mass is 32.2. The molecular formula is C31H32N2O4S. The van der Waals surface area contributed by atoms with Crippen molar-refractivity contribution in [3.63, 3.8) is 0 Å². The third kappa shape index (κ3) is 4.74. The van der Waals surface area contributed by atoms with E-state index in [4.69, 9.17) is 4.74 Å². The van der Waals surface area contributed by atoms with Crippen LogP contribution >= 0.6 is 0 Å². The molecule has 3 aromatic carbocycles. The van der Waals surface area contributed by atoms with Crippen LogP contribution in [-0.2, 0) is 27.8 Å². The van der Waals surface area contributed by atoms with Crippen LogP contribution < -0.4 is 0 Å². The maximum absolute atomic E-state index is 13.7. The molecule has 0 aliphatic heterocycles. The molecule has 4 aromatic rings. The number of allylic oxidation sites excluding steroid dienone is 1. The molecule has 0 N–H and O–H groups in total. The molecule has 0 saturated heterocycles. The fraction of sp³-hybridized carbons (Fsp3) is 0.258. The quantitative estimate of drug-likeness (QED) is 0.259. The minimum absolute atomic E-state index is 0.0455. The lowest BCUT2D eigenvalue weighted by Crippen LogP contribution is -2.44.